The molecule has 7 nitrogen and oxygen atoms in total. The zero-order chi connectivity index (χ0) is 13.8. The fourth-order valence-electron chi connectivity index (χ4n) is 1.79. The fraction of sp³-hybridized carbons (Fsp3) is 0.909. The predicted octanol–water partition coefficient (Wildman–Crippen LogP) is 2.32. The largest absolute Gasteiger partial charge is 0.444 e. The Balaban J connectivity index is 2.65. The molecule has 1 saturated heterocycles. The van der Waals surface area contributed by atoms with Gasteiger partial charge in [-0.25, -0.2) is 4.79 Å². The van der Waals surface area contributed by atoms with Gasteiger partial charge in [-0.05, 0) is 33.2 Å². The van der Waals surface area contributed by atoms with E-state index in [4.69, 9.17) is 15.0 Å². The molecule has 0 aromatic heterocycles. The van der Waals surface area contributed by atoms with Gasteiger partial charge < -0.3 is 14.4 Å². The van der Waals surface area contributed by atoms with Crippen molar-refractivity contribution in [2.45, 2.75) is 45.4 Å². The molecule has 1 heterocycles. The van der Waals surface area contributed by atoms with Crippen molar-refractivity contribution in [1.29, 1.82) is 0 Å². The molecular weight excluding hydrogens is 236 g/mol. The van der Waals surface area contributed by atoms with Gasteiger partial charge in [-0.1, -0.05) is 5.11 Å². The molecule has 0 spiro atoms. The molecule has 0 aromatic carbocycles. The van der Waals surface area contributed by atoms with E-state index in [1.54, 1.807) is 0 Å². The van der Waals surface area contributed by atoms with Gasteiger partial charge in [-0.3, -0.25) is 0 Å². The maximum atomic E-state index is 11.9. The van der Waals surface area contributed by atoms with Crippen LogP contribution in [0.4, 0.5) is 4.79 Å². The standard InChI is InChI=1S/C11H20N4O3/c1-5-17-9-7-15(6-8(9)13-14-12)10(16)18-11(2,3)4/h8-9H,5-7H2,1-4H3/t8-,9-/m1/s1. The molecule has 0 unspecified atom stereocenters. The van der Waals surface area contributed by atoms with Gasteiger partial charge in [0.25, 0.3) is 0 Å². The monoisotopic (exact) mass is 256 g/mol. The van der Waals surface area contributed by atoms with Crippen LogP contribution in [0.15, 0.2) is 5.11 Å². The van der Waals surface area contributed by atoms with E-state index in [-0.39, 0.29) is 12.1 Å². The van der Waals surface area contributed by atoms with Crippen LogP contribution in [-0.4, -0.2) is 48.4 Å². The smallest absolute Gasteiger partial charge is 0.410 e. The van der Waals surface area contributed by atoms with E-state index >= 15 is 0 Å². The van der Waals surface area contributed by atoms with Crippen LogP contribution in [0.25, 0.3) is 10.4 Å². The van der Waals surface area contributed by atoms with Gasteiger partial charge in [0, 0.05) is 18.1 Å². The van der Waals surface area contributed by atoms with Crippen molar-refractivity contribution in [2.24, 2.45) is 5.11 Å². The van der Waals surface area contributed by atoms with Crippen LogP contribution in [0, 0.1) is 0 Å². The first-order valence-corrected chi connectivity index (χ1v) is 6.01. The maximum absolute atomic E-state index is 11.9. The van der Waals surface area contributed by atoms with Crippen LogP contribution in [0.2, 0.25) is 0 Å². The molecule has 1 fully saturated rings. The Kier molecular flexibility index (Phi) is 4.81. The lowest BCUT2D eigenvalue weighted by atomic mass is 10.2. The Morgan fingerprint density at radius 1 is 1.50 bits per heavy atom. The van der Waals surface area contributed by atoms with Crippen molar-refractivity contribution in [1.82, 2.24) is 4.90 Å². The second-order valence-corrected chi connectivity index (χ2v) is 5.15. The van der Waals surface area contributed by atoms with Crippen molar-refractivity contribution in [3.8, 4) is 0 Å². The molecule has 1 aliphatic heterocycles. The van der Waals surface area contributed by atoms with Crippen molar-refractivity contribution in [2.75, 3.05) is 19.7 Å². The van der Waals surface area contributed by atoms with Crippen molar-refractivity contribution in [3.05, 3.63) is 10.4 Å². The molecule has 7 heteroatoms. The lowest BCUT2D eigenvalue weighted by Crippen LogP contribution is -2.36. The summed E-state index contributed by atoms with van der Waals surface area (Å²) < 4.78 is 10.7. The number of ether oxygens (including phenoxy) is 2. The van der Waals surface area contributed by atoms with Crippen LogP contribution < -0.4 is 0 Å². The number of carbonyl (C=O) groups is 1. The van der Waals surface area contributed by atoms with E-state index in [2.05, 4.69) is 10.0 Å². The SMILES string of the molecule is CCO[C@@H]1CN(C(=O)OC(C)(C)C)C[C@H]1N=[N+]=[N-]. The van der Waals surface area contributed by atoms with Gasteiger partial charge >= 0.3 is 6.09 Å². The quantitative estimate of drug-likeness (QED) is 0.441. The van der Waals surface area contributed by atoms with Gasteiger partial charge in [0.05, 0.1) is 18.7 Å². The highest BCUT2D eigenvalue weighted by atomic mass is 16.6. The van der Waals surface area contributed by atoms with E-state index < -0.39 is 11.7 Å². The van der Waals surface area contributed by atoms with Gasteiger partial charge in [0.2, 0.25) is 0 Å². The van der Waals surface area contributed by atoms with Crippen LogP contribution in [0.3, 0.4) is 0 Å². The minimum absolute atomic E-state index is 0.251. The normalized spacial score (nSPS) is 23.7. The third kappa shape index (κ3) is 4.09. The number of hydrogen-bond donors (Lipinski definition) is 0. The minimum atomic E-state index is -0.533. The van der Waals surface area contributed by atoms with Gasteiger partial charge in [-0.2, -0.15) is 0 Å². The summed E-state index contributed by atoms with van der Waals surface area (Å²) in [5.74, 6) is 0. The average molecular weight is 256 g/mol. The molecule has 0 saturated carbocycles. The lowest BCUT2D eigenvalue weighted by Gasteiger charge is -2.24. The van der Waals surface area contributed by atoms with Crippen LogP contribution in [0.1, 0.15) is 27.7 Å². The molecule has 0 N–H and O–H groups in total. The molecule has 0 bridgehead atoms. The summed E-state index contributed by atoms with van der Waals surface area (Å²) in [5, 5.41) is 3.66. The third-order valence-electron chi connectivity index (χ3n) is 2.47. The summed E-state index contributed by atoms with van der Waals surface area (Å²) in [7, 11) is 0. The molecule has 0 radical (unpaired) electrons. The number of amides is 1. The minimum Gasteiger partial charge on any atom is -0.444 e. The zero-order valence-electron chi connectivity index (χ0n) is 11.3. The molecule has 18 heavy (non-hydrogen) atoms. The Morgan fingerprint density at radius 3 is 2.67 bits per heavy atom. The summed E-state index contributed by atoms with van der Waals surface area (Å²) in [6.07, 6.45) is -0.652. The topological polar surface area (TPSA) is 87.5 Å². The van der Waals surface area contributed by atoms with E-state index in [0.29, 0.717) is 19.7 Å². The number of hydrogen-bond acceptors (Lipinski definition) is 4. The first kappa shape index (κ1) is 14.6. The molecular formula is C11H20N4O3. The average Bonchev–Trinajstić information content (AvgIpc) is 2.61. The molecule has 0 aliphatic carbocycles. The number of rotatable bonds is 3. The molecule has 1 amide bonds. The highest BCUT2D eigenvalue weighted by Crippen LogP contribution is 2.20. The van der Waals surface area contributed by atoms with Crippen molar-refractivity contribution in [3.63, 3.8) is 0 Å². The van der Waals surface area contributed by atoms with Crippen LogP contribution in [0.5, 0.6) is 0 Å². The van der Waals surface area contributed by atoms with Crippen molar-refractivity contribution < 1.29 is 14.3 Å². The van der Waals surface area contributed by atoms with Crippen LogP contribution in [-0.2, 0) is 9.47 Å². The van der Waals surface area contributed by atoms with Gasteiger partial charge in [0.15, 0.2) is 0 Å². The zero-order valence-corrected chi connectivity index (χ0v) is 11.3. The second kappa shape index (κ2) is 5.93. The molecule has 0 aromatic rings. The highest BCUT2D eigenvalue weighted by molar-refractivity contribution is 5.68. The van der Waals surface area contributed by atoms with E-state index in [0.717, 1.165) is 0 Å². The van der Waals surface area contributed by atoms with E-state index in [1.807, 2.05) is 27.7 Å². The van der Waals surface area contributed by atoms with Gasteiger partial charge in [0.1, 0.15) is 5.60 Å². The summed E-state index contributed by atoms with van der Waals surface area (Å²) in [6.45, 7) is 8.55. The lowest BCUT2D eigenvalue weighted by molar-refractivity contribution is 0.0220. The molecule has 1 rings (SSSR count). The Morgan fingerprint density at radius 2 is 2.17 bits per heavy atom. The highest BCUT2D eigenvalue weighted by Gasteiger charge is 2.37. The van der Waals surface area contributed by atoms with E-state index in [1.165, 1.54) is 4.90 Å². The number of likely N-dealkylation sites (tertiary alicyclic amines) is 1. The first-order valence-electron chi connectivity index (χ1n) is 6.01. The Bertz CT molecular complexity index is 347. The Labute approximate surface area is 107 Å². The van der Waals surface area contributed by atoms with Crippen LogP contribution >= 0.6 is 0 Å². The number of carbonyl (C=O) groups excluding carboxylic acids is 1. The van der Waals surface area contributed by atoms with Gasteiger partial charge in [-0.15, -0.1) is 0 Å². The predicted molar refractivity (Wildman–Crippen MR) is 66.2 cm³/mol. The first-order chi connectivity index (χ1) is 8.37. The van der Waals surface area contributed by atoms with Crippen molar-refractivity contribution >= 4 is 6.09 Å². The third-order valence-corrected chi connectivity index (χ3v) is 2.47. The number of nitrogens with zero attached hydrogens (tertiary/aromatic N) is 4. The maximum Gasteiger partial charge on any atom is 0.410 e. The van der Waals surface area contributed by atoms with E-state index in [9.17, 15) is 4.79 Å². The number of azide groups is 1. The molecule has 1 aliphatic rings. The second-order valence-electron chi connectivity index (χ2n) is 5.15. The summed E-state index contributed by atoms with van der Waals surface area (Å²) in [5.41, 5.74) is 7.96. The summed E-state index contributed by atoms with van der Waals surface area (Å²) >= 11 is 0. The molecule has 2 atom stereocenters. The summed E-state index contributed by atoms with van der Waals surface area (Å²) in [6, 6.07) is -0.345. The molecule has 102 valence electrons. The summed E-state index contributed by atoms with van der Waals surface area (Å²) in [4.78, 5) is 16.2. The Hall–Kier alpha value is -1.46. The fourth-order valence-corrected chi connectivity index (χ4v) is 1.79.